The third kappa shape index (κ3) is 6.77. The van der Waals surface area contributed by atoms with Crippen LogP contribution in [0.2, 0.25) is 0 Å². The lowest BCUT2D eigenvalue weighted by Gasteiger charge is -2.11. The highest BCUT2D eigenvalue weighted by Crippen LogP contribution is 2.14. The van der Waals surface area contributed by atoms with Crippen LogP contribution in [-0.4, -0.2) is 28.9 Å². The lowest BCUT2D eigenvalue weighted by atomic mass is 10.2. The van der Waals surface area contributed by atoms with Gasteiger partial charge in [0.2, 0.25) is 0 Å². The van der Waals surface area contributed by atoms with E-state index in [1.807, 2.05) is 26.0 Å². The maximum atomic E-state index is 10.9. The molecule has 0 aliphatic heterocycles. The third-order valence-electron chi connectivity index (χ3n) is 2.38. The average Bonchev–Trinajstić information content (AvgIpc) is 2.27. The van der Waals surface area contributed by atoms with Gasteiger partial charge in [0.1, 0.15) is 5.75 Å². The Morgan fingerprint density at radius 3 is 2.83 bits per heavy atom. The zero-order valence-corrected chi connectivity index (χ0v) is 12.3. The average molecular weight is 269 g/mol. The van der Waals surface area contributed by atoms with Crippen molar-refractivity contribution in [2.75, 3.05) is 18.6 Å². The van der Waals surface area contributed by atoms with Crippen molar-refractivity contribution < 1.29 is 8.95 Å². The molecule has 0 aromatic heterocycles. The molecule has 0 spiro atoms. The molecule has 102 valence electrons. The van der Waals surface area contributed by atoms with E-state index in [1.165, 1.54) is 5.56 Å². The van der Waals surface area contributed by atoms with Gasteiger partial charge in [0, 0.05) is 29.4 Å². The third-order valence-corrected chi connectivity index (χ3v) is 3.25. The largest absolute Gasteiger partial charge is 0.491 e. The summed E-state index contributed by atoms with van der Waals surface area (Å²) in [4.78, 5) is 0. The van der Waals surface area contributed by atoms with E-state index >= 15 is 0 Å². The highest BCUT2D eigenvalue weighted by Gasteiger charge is 1.99. The van der Waals surface area contributed by atoms with Crippen LogP contribution < -0.4 is 10.1 Å². The van der Waals surface area contributed by atoms with E-state index < -0.39 is 10.8 Å². The number of hydrogen-bond donors (Lipinski definition) is 1. The number of ether oxygens (including phenoxy) is 1. The summed E-state index contributed by atoms with van der Waals surface area (Å²) in [5.74, 6) is 1.68. The Balaban J connectivity index is 2.31. The van der Waals surface area contributed by atoms with E-state index in [9.17, 15) is 4.21 Å². The summed E-state index contributed by atoms with van der Waals surface area (Å²) in [5, 5.41) is 3.35. The van der Waals surface area contributed by atoms with Crippen molar-refractivity contribution in [1.82, 2.24) is 5.32 Å². The standard InChI is InChI=1S/C14H23NO2S/c1-12(2)17-14-7-4-6-13(10-14)11-15-8-5-9-18(3)16/h4,6-7,10,12,15H,5,8-9,11H2,1-3H3. The van der Waals surface area contributed by atoms with E-state index in [0.29, 0.717) is 0 Å². The molecule has 0 aliphatic carbocycles. The van der Waals surface area contributed by atoms with Crippen LogP contribution >= 0.6 is 0 Å². The number of benzene rings is 1. The molecule has 0 radical (unpaired) electrons. The van der Waals surface area contributed by atoms with Gasteiger partial charge in [-0.2, -0.15) is 0 Å². The number of rotatable bonds is 8. The Morgan fingerprint density at radius 2 is 2.17 bits per heavy atom. The lowest BCUT2D eigenvalue weighted by Crippen LogP contribution is -2.16. The molecule has 0 heterocycles. The highest BCUT2D eigenvalue weighted by atomic mass is 32.2. The van der Waals surface area contributed by atoms with Gasteiger partial charge in [0.25, 0.3) is 0 Å². The summed E-state index contributed by atoms with van der Waals surface area (Å²) in [6.45, 7) is 5.77. The minimum atomic E-state index is -0.684. The summed E-state index contributed by atoms with van der Waals surface area (Å²) < 4.78 is 16.5. The molecule has 1 unspecified atom stereocenters. The van der Waals surface area contributed by atoms with Crippen LogP contribution in [-0.2, 0) is 17.3 Å². The van der Waals surface area contributed by atoms with Crippen LogP contribution in [0.3, 0.4) is 0 Å². The number of nitrogens with one attached hydrogen (secondary N) is 1. The van der Waals surface area contributed by atoms with Gasteiger partial charge in [-0.15, -0.1) is 0 Å². The van der Waals surface area contributed by atoms with E-state index in [0.717, 1.165) is 31.0 Å². The minimum absolute atomic E-state index is 0.202. The summed E-state index contributed by atoms with van der Waals surface area (Å²) in [6, 6.07) is 8.13. The Bertz CT molecular complexity index is 380. The molecule has 0 saturated heterocycles. The second-order valence-electron chi connectivity index (χ2n) is 4.62. The van der Waals surface area contributed by atoms with Crippen LogP contribution in [0, 0.1) is 0 Å². The van der Waals surface area contributed by atoms with Gasteiger partial charge in [-0.25, -0.2) is 0 Å². The normalized spacial score (nSPS) is 12.7. The minimum Gasteiger partial charge on any atom is -0.491 e. The van der Waals surface area contributed by atoms with Gasteiger partial charge in [-0.05, 0) is 44.5 Å². The highest BCUT2D eigenvalue weighted by molar-refractivity contribution is 7.84. The van der Waals surface area contributed by atoms with Crippen molar-refractivity contribution in [3.8, 4) is 5.75 Å². The molecular formula is C14H23NO2S. The SMILES string of the molecule is CC(C)Oc1cccc(CNCCCS(C)=O)c1. The van der Waals surface area contributed by atoms with Gasteiger partial charge in [-0.1, -0.05) is 12.1 Å². The first-order chi connectivity index (χ1) is 8.58. The van der Waals surface area contributed by atoms with Gasteiger partial charge < -0.3 is 10.1 Å². The van der Waals surface area contributed by atoms with Crippen molar-refractivity contribution in [2.45, 2.75) is 32.9 Å². The van der Waals surface area contributed by atoms with Crippen molar-refractivity contribution in [3.63, 3.8) is 0 Å². The maximum Gasteiger partial charge on any atom is 0.120 e. The first-order valence-corrected chi connectivity index (χ1v) is 8.07. The van der Waals surface area contributed by atoms with Crippen LogP contribution in [0.1, 0.15) is 25.8 Å². The van der Waals surface area contributed by atoms with Gasteiger partial charge >= 0.3 is 0 Å². The molecule has 0 bridgehead atoms. The van der Waals surface area contributed by atoms with E-state index in [2.05, 4.69) is 17.4 Å². The van der Waals surface area contributed by atoms with Gasteiger partial charge in [0.15, 0.2) is 0 Å². The molecule has 1 aromatic carbocycles. The Hall–Kier alpha value is -0.870. The molecule has 1 N–H and O–H groups in total. The van der Waals surface area contributed by atoms with E-state index in [-0.39, 0.29) is 6.10 Å². The van der Waals surface area contributed by atoms with E-state index in [4.69, 9.17) is 4.74 Å². The Kier molecular flexibility index (Phi) is 6.98. The van der Waals surface area contributed by atoms with Crippen LogP contribution in [0.15, 0.2) is 24.3 Å². The summed E-state index contributed by atoms with van der Waals surface area (Å²) in [5.41, 5.74) is 1.21. The molecule has 4 heteroatoms. The fraction of sp³-hybridized carbons (Fsp3) is 0.571. The predicted octanol–water partition coefficient (Wildman–Crippen LogP) is 2.33. The fourth-order valence-corrected chi connectivity index (χ4v) is 2.18. The molecule has 1 atom stereocenters. The molecular weight excluding hydrogens is 246 g/mol. The molecule has 3 nitrogen and oxygen atoms in total. The fourth-order valence-electron chi connectivity index (χ4n) is 1.63. The smallest absolute Gasteiger partial charge is 0.120 e. The summed E-state index contributed by atoms with van der Waals surface area (Å²) >= 11 is 0. The molecule has 0 aliphatic rings. The molecule has 0 saturated carbocycles. The zero-order valence-electron chi connectivity index (χ0n) is 11.4. The molecule has 1 aromatic rings. The predicted molar refractivity (Wildman–Crippen MR) is 77.5 cm³/mol. The van der Waals surface area contributed by atoms with Crippen LogP contribution in [0.5, 0.6) is 5.75 Å². The lowest BCUT2D eigenvalue weighted by molar-refractivity contribution is 0.242. The Morgan fingerprint density at radius 1 is 1.39 bits per heavy atom. The summed E-state index contributed by atoms with van der Waals surface area (Å²) in [7, 11) is -0.684. The zero-order chi connectivity index (χ0) is 13.4. The topological polar surface area (TPSA) is 38.3 Å². The van der Waals surface area contributed by atoms with Crippen molar-refractivity contribution in [2.24, 2.45) is 0 Å². The quantitative estimate of drug-likeness (QED) is 0.736. The number of hydrogen-bond acceptors (Lipinski definition) is 3. The summed E-state index contributed by atoms with van der Waals surface area (Å²) in [6.07, 6.45) is 2.89. The van der Waals surface area contributed by atoms with Crippen molar-refractivity contribution in [3.05, 3.63) is 29.8 Å². The van der Waals surface area contributed by atoms with Crippen molar-refractivity contribution in [1.29, 1.82) is 0 Å². The Labute approximate surface area is 112 Å². The second-order valence-corrected chi connectivity index (χ2v) is 6.18. The first-order valence-electron chi connectivity index (χ1n) is 6.34. The second kappa shape index (κ2) is 8.27. The molecule has 0 amide bonds. The van der Waals surface area contributed by atoms with E-state index in [1.54, 1.807) is 6.26 Å². The van der Waals surface area contributed by atoms with Gasteiger partial charge in [-0.3, -0.25) is 4.21 Å². The first kappa shape index (κ1) is 15.2. The van der Waals surface area contributed by atoms with Crippen LogP contribution in [0.25, 0.3) is 0 Å². The van der Waals surface area contributed by atoms with Crippen LogP contribution in [0.4, 0.5) is 0 Å². The molecule has 1 rings (SSSR count). The molecule has 0 fully saturated rings. The monoisotopic (exact) mass is 269 g/mol. The maximum absolute atomic E-state index is 10.9. The van der Waals surface area contributed by atoms with Crippen molar-refractivity contribution >= 4 is 10.8 Å². The molecule has 18 heavy (non-hydrogen) atoms. The van der Waals surface area contributed by atoms with Gasteiger partial charge in [0.05, 0.1) is 6.10 Å².